The van der Waals surface area contributed by atoms with Gasteiger partial charge in [0.25, 0.3) is 0 Å². The molecule has 6 heteroatoms. The highest BCUT2D eigenvalue weighted by atomic mass is 16.5. The number of benzene rings is 1. The smallest absolute Gasteiger partial charge is 0.223 e. The first-order chi connectivity index (χ1) is 13.9. The number of rotatable bonds is 9. The molecule has 1 aromatic carbocycles. The van der Waals surface area contributed by atoms with Crippen LogP contribution >= 0.6 is 0 Å². The molecule has 0 unspecified atom stereocenters. The van der Waals surface area contributed by atoms with Gasteiger partial charge in [-0.05, 0) is 38.8 Å². The number of carbonyl (C=O) groups is 1. The predicted molar refractivity (Wildman–Crippen MR) is 115 cm³/mol. The molecular weight excluding hydrogens is 364 g/mol. The maximum absolute atomic E-state index is 12.8. The number of nitrogens with zero attached hydrogens (tertiary/aromatic N) is 3. The van der Waals surface area contributed by atoms with Crippen LogP contribution in [0.3, 0.4) is 0 Å². The Morgan fingerprint density at radius 1 is 1.31 bits per heavy atom. The molecule has 1 aromatic heterocycles. The minimum absolute atomic E-state index is 0.0387. The lowest BCUT2D eigenvalue weighted by Crippen LogP contribution is -2.33. The largest absolute Gasteiger partial charge is 0.383 e. The summed E-state index contributed by atoms with van der Waals surface area (Å²) in [5.74, 6) is 0.414. The van der Waals surface area contributed by atoms with Crippen molar-refractivity contribution in [3.8, 4) is 0 Å². The molecule has 29 heavy (non-hydrogen) atoms. The molecule has 1 saturated heterocycles. The van der Waals surface area contributed by atoms with Crippen molar-refractivity contribution < 1.29 is 9.53 Å². The lowest BCUT2D eigenvalue weighted by atomic mass is 9.95. The summed E-state index contributed by atoms with van der Waals surface area (Å²) in [5, 5.41) is 8.10. The molecule has 0 aliphatic carbocycles. The molecule has 158 valence electrons. The molecule has 3 rings (SSSR count). The van der Waals surface area contributed by atoms with Crippen LogP contribution in [0.5, 0.6) is 0 Å². The van der Waals surface area contributed by atoms with E-state index in [2.05, 4.69) is 62.5 Å². The van der Waals surface area contributed by atoms with Gasteiger partial charge in [-0.25, -0.2) is 0 Å². The number of amides is 1. The molecule has 1 aliphatic rings. The molecule has 0 radical (unpaired) electrons. The van der Waals surface area contributed by atoms with Crippen molar-refractivity contribution in [3.05, 3.63) is 52.8 Å². The number of ether oxygens (including phenoxy) is 1. The SMILES string of the molecule is COCCN1C(=O)C[C@@H](CNCc2ccc(C)cc2C)[C@@H]1c1cnn(C(C)C)c1. The van der Waals surface area contributed by atoms with E-state index in [9.17, 15) is 4.79 Å². The second-order valence-electron chi connectivity index (χ2n) is 8.40. The lowest BCUT2D eigenvalue weighted by molar-refractivity contribution is -0.129. The number of carbonyl (C=O) groups excluding carboxylic acids is 1. The highest BCUT2D eigenvalue weighted by molar-refractivity contribution is 5.79. The van der Waals surface area contributed by atoms with Gasteiger partial charge in [0.1, 0.15) is 0 Å². The molecule has 6 nitrogen and oxygen atoms in total. The maximum atomic E-state index is 12.8. The maximum Gasteiger partial charge on any atom is 0.223 e. The summed E-state index contributed by atoms with van der Waals surface area (Å²) >= 11 is 0. The zero-order valence-corrected chi connectivity index (χ0v) is 18.3. The van der Waals surface area contributed by atoms with Gasteiger partial charge in [-0.2, -0.15) is 5.10 Å². The Bertz CT molecular complexity index is 830. The average molecular weight is 399 g/mol. The highest BCUT2D eigenvalue weighted by Gasteiger charge is 2.40. The molecular formula is C23H34N4O2. The number of hydrogen-bond donors (Lipinski definition) is 1. The first kappa shape index (κ1) is 21.5. The number of aryl methyl sites for hydroxylation is 2. The van der Waals surface area contributed by atoms with Crippen LogP contribution in [-0.2, 0) is 16.1 Å². The van der Waals surface area contributed by atoms with Crippen molar-refractivity contribution in [3.63, 3.8) is 0 Å². The number of methoxy groups -OCH3 is 1. The summed E-state index contributed by atoms with van der Waals surface area (Å²) in [6.07, 6.45) is 4.56. The van der Waals surface area contributed by atoms with Crippen molar-refractivity contribution >= 4 is 5.91 Å². The quantitative estimate of drug-likeness (QED) is 0.703. The third-order valence-corrected chi connectivity index (χ3v) is 5.79. The highest BCUT2D eigenvalue weighted by Crippen LogP contribution is 2.37. The molecule has 0 saturated carbocycles. The standard InChI is InChI=1S/C23H34N4O2/c1-16(2)27-15-21(14-25-27)23-20(11-22(28)26(23)8-9-29-5)13-24-12-19-7-6-17(3)10-18(19)4/h6-7,10,14-16,20,23-24H,8-9,11-13H2,1-5H3/t20-,23+/m0/s1. The fourth-order valence-electron chi connectivity index (χ4n) is 4.18. The van der Waals surface area contributed by atoms with Gasteiger partial charge < -0.3 is 15.0 Å². The second-order valence-corrected chi connectivity index (χ2v) is 8.40. The van der Waals surface area contributed by atoms with Crippen molar-refractivity contribution in [2.75, 3.05) is 26.8 Å². The van der Waals surface area contributed by atoms with Crippen LogP contribution < -0.4 is 5.32 Å². The molecule has 2 atom stereocenters. The normalized spacial score (nSPS) is 19.5. The molecule has 0 bridgehead atoms. The van der Waals surface area contributed by atoms with Gasteiger partial charge in [0.2, 0.25) is 5.91 Å². The van der Waals surface area contributed by atoms with E-state index >= 15 is 0 Å². The van der Waals surface area contributed by atoms with Crippen LogP contribution in [0, 0.1) is 19.8 Å². The zero-order valence-electron chi connectivity index (χ0n) is 18.3. The fourth-order valence-corrected chi connectivity index (χ4v) is 4.18. The Morgan fingerprint density at radius 3 is 2.76 bits per heavy atom. The van der Waals surface area contributed by atoms with Crippen LogP contribution in [0.1, 0.15) is 54.6 Å². The topological polar surface area (TPSA) is 59.4 Å². The summed E-state index contributed by atoms with van der Waals surface area (Å²) in [7, 11) is 1.68. The second kappa shape index (κ2) is 9.55. The third kappa shape index (κ3) is 5.06. The summed E-state index contributed by atoms with van der Waals surface area (Å²) < 4.78 is 7.21. The number of aromatic nitrogens is 2. The third-order valence-electron chi connectivity index (χ3n) is 5.79. The Balaban J connectivity index is 1.73. The van der Waals surface area contributed by atoms with Crippen molar-refractivity contribution in [1.82, 2.24) is 20.0 Å². The van der Waals surface area contributed by atoms with E-state index in [1.54, 1.807) is 7.11 Å². The van der Waals surface area contributed by atoms with E-state index in [4.69, 9.17) is 4.74 Å². The Kier molecular flexibility index (Phi) is 7.09. The van der Waals surface area contributed by atoms with Crippen LogP contribution in [0.2, 0.25) is 0 Å². The van der Waals surface area contributed by atoms with Crippen LogP contribution in [0.25, 0.3) is 0 Å². The van der Waals surface area contributed by atoms with Crippen molar-refractivity contribution in [2.24, 2.45) is 5.92 Å². The number of hydrogen-bond acceptors (Lipinski definition) is 4. The van der Waals surface area contributed by atoms with E-state index in [1.807, 2.05) is 15.8 Å². The zero-order chi connectivity index (χ0) is 21.0. The van der Waals surface area contributed by atoms with Gasteiger partial charge in [-0.15, -0.1) is 0 Å². The fraction of sp³-hybridized carbons (Fsp3) is 0.565. The lowest BCUT2D eigenvalue weighted by Gasteiger charge is -2.27. The van der Waals surface area contributed by atoms with Gasteiger partial charge >= 0.3 is 0 Å². The van der Waals surface area contributed by atoms with Crippen LogP contribution in [0.4, 0.5) is 0 Å². The van der Waals surface area contributed by atoms with Gasteiger partial charge in [0.05, 0.1) is 18.8 Å². The van der Waals surface area contributed by atoms with Gasteiger partial charge in [0.15, 0.2) is 0 Å². The summed E-state index contributed by atoms with van der Waals surface area (Å²) in [4.78, 5) is 14.7. The minimum atomic E-state index is 0.0387. The van der Waals surface area contributed by atoms with E-state index < -0.39 is 0 Å². The molecule has 1 amide bonds. The first-order valence-electron chi connectivity index (χ1n) is 10.5. The van der Waals surface area contributed by atoms with E-state index in [0.717, 1.165) is 18.7 Å². The molecule has 2 heterocycles. The number of nitrogens with one attached hydrogen (secondary N) is 1. The number of likely N-dealkylation sites (tertiary alicyclic amines) is 1. The Hall–Kier alpha value is -2.18. The summed E-state index contributed by atoms with van der Waals surface area (Å²) in [6.45, 7) is 11.3. The van der Waals surface area contributed by atoms with Crippen LogP contribution in [-0.4, -0.2) is 47.4 Å². The van der Waals surface area contributed by atoms with E-state index in [-0.39, 0.29) is 17.9 Å². The van der Waals surface area contributed by atoms with Crippen molar-refractivity contribution in [1.29, 1.82) is 0 Å². The molecule has 1 fully saturated rings. The van der Waals surface area contributed by atoms with Gasteiger partial charge in [-0.3, -0.25) is 9.48 Å². The summed E-state index contributed by atoms with van der Waals surface area (Å²) in [6, 6.07) is 6.89. The molecule has 2 aromatic rings. The van der Waals surface area contributed by atoms with E-state index in [0.29, 0.717) is 25.6 Å². The van der Waals surface area contributed by atoms with Gasteiger partial charge in [-0.1, -0.05) is 23.8 Å². The molecule has 1 N–H and O–H groups in total. The Morgan fingerprint density at radius 2 is 2.10 bits per heavy atom. The minimum Gasteiger partial charge on any atom is -0.383 e. The molecule has 0 spiro atoms. The molecule has 1 aliphatic heterocycles. The van der Waals surface area contributed by atoms with Crippen LogP contribution in [0.15, 0.2) is 30.6 Å². The van der Waals surface area contributed by atoms with Crippen molar-refractivity contribution in [2.45, 2.75) is 52.7 Å². The predicted octanol–water partition coefficient (Wildman–Crippen LogP) is 3.41. The average Bonchev–Trinajstić information content (AvgIpc) is 3.26. The Labute approximate surface area is 174 Å². The first-order valence-corrected chi connectivity index (χ1v) is 10.5. The summed E-state index contributed by atoms with van der Waals surface area (Å²) in [5.41, 5.74) is 5.00. The van der Waals surface area contributed by atoms with Gasteiger partial charge in [0, 0.05) is 56.9 Å². The monoisotopic (exact) mass is 398 g/mol. The van der Waals surface area contributed by atoms with E-state index in [1.165, 1.54) is 16.7 Å².